The summed E-state index contributed by atoms with van der Waals surface area (Å²) in [5.41, 5.74) is 0. The largest absolute Gasteiger partial charge is 0.254 e. The van der Waals surface area contributed by atoms with Crippen molar-refractivity contribution in [2.24, 2.45) is 0 Å². The lowest BCUT2D eigenvalue weighted by molar-refractivity contribution is 0.710. The topological polar surface area (TPSA) is 12.0 Å². The molecule has 0 fully saturated rings. The van der Waals surface area contributed by atoms with E-state index >= 15 is 0 Å². The summed E-state index contributed by atoms with van der Waals surface area (Å²) in [5, 5.41) is 0. The van der Waals surface area contributed by atoms with E-state index in [9.17, 15) is 0 Å². The van der Waals surface area contributed by atoms with E-state index in [1.54, 1.807) is 0 Å². The Morgan fingerprint density at radius 1 is 1.43 bits per heavy atom. The lowest BCUT2D eigenvalue weighted by Crippen LogP contribution is -1.99. The highest BCUT2D eigenvalue weighted by Crippen LogP contribution is 1.90. The molecule has 0 aromatic rings. The third-order valence-corrected chi connectivity index (χ3v) is 1.09. The van der Waals surface area contributed by atoms with Crippen LogP contribution in [-0.2, 0) is 0 Å². The Labute approximate surface area is 51.0 Å². The molecule has 0 unspecified atom stereocenters. The molecule has 0 saturated carbocycles. The molecule has 1 nitrogen and oxygen atoms in total. The quantitative estimate of drug-likeness (QED) is 0.556. The van der Waals surface area contributed by atoms with Crippen molar-refractivity contribution < 1.29 is 0 Å². The summed E-state index contributed by atoms with van der Waals surface area (Å²) in [6.07, 6.45) is 3.79. The molecule has 0 aromatic heterocycles. The molecule has 0 saturated heterocycles. The maximum Gasteiger partial charge on any atom is 0.00668 e. The van der Waals surface area contributed by atoms with Gasteiger partial charge in [0.05, 0.1) is 0 Å². The monoisotopic (exact) mass is 118 g/mol. The number of rotatable bonds is 4. The normalized spacial score (nSPS) is 9.43. The third-order valence-electron chi connectivity index (χ3n) is 0.882. The lowest BCUT2D eigenvalue weighted by atomic mass is 10.3. The first-order valence-corrected chi connectivity index (χ1v) is 3.17. The van der Waals surface area contributed by atoms with Crippen molar-refractivity contribution in [3.05, 3.63) is 0 Å². The van der Waals surface area contributed by atoms with Gasteiger partial charge in [0.1, 0.15) is 0 Å². The maximum atomic E-state index is 4.52. The first-order valence-electron chi connectivity index (χ1n) is 2.76. The van der Waals surface area contributed by atoms with E-state index in [2.05, 4.69) is 24.5 Å². The van der Waals surface area contributed by atoms with Crippen molar-refractivity contribution >= 4 is 12.8 Å². The molecule has 2 heteroatoms. The summed E-state index contributed by atoms with van der Waals surface area (Å²) < 4.78 is 2.69. The van der Waals surface area contributed by atoms with Crippen LogP contribution in [0.1, 0.15) is 26.2 Å². The van der Waals surface area contributed by atoms with Gasteiger partial charge in [0.2, 0.25) is 0 Å². The van der Waals surface area contributed by atoms with Crippen molar-refractivity contribution in [1.82, 2.24) is 4.72 Å². The van der Waals surface area contributed by atoms with E-state index in [0.717, 1.165) is 6.54 Å². The summed E-state index contributed by atoms with van der Waals surface area (Å²) in [7, 11) is 0. The minimum atomic E-state index is 0.989. The van der Waals surface area contributed by atoms with Gasteiger partial charge in [0.15, 0.2) is 0 Å². The lowest BCUT2D eigenvalue weighted by Gasteiger charge is -1.91. The predicted molar refractivity (Wildman–Crippen MR) is 35.1 cm³/mol. The number of hydrogen-bond acceptors (Lipinski definition) is 1. The van der Waals surface area contributed by atoms with Crippen molar-refractivity contribution in [2.45, 2.75) is 26.2 Å². The van der Waals surface area contributed by atoms with Gasteiger partial charge in [-0.1, -0.05) is 19.8 Å². The summed E-state index contributed by atoms with van der Waals surface area (Å²) in [6, 6.07) is 0. The minimum absolute atomic E-state index is 0.989. The molecule has 0 atom stereocenters. The van der Waals surface area contributed by atoms with E-state index in [4.69, 9.17) is 0 Å². The van der Waals surface area contributed by atoms with E-state index in [-0.39, 0.29) is 0 Å². The Morgan fingerprint density at radius 2 is 2.14 bits per heavy atom. The number of nitrogens with one attached hydrogen (secondary N) is 1. The maximum absolute atomic E-state index is 4.52. The fourth-order valence-electron chi connectivity index (χ4n) is 0.447. The Hall–Kier alpha value is 0.310. The van der Waals surface area contributed by atoms with E-state index < -0.39 is 0 Å². The van der Waals surface area contributed by atoms with Crippen LogP contribution in [-0.4, -0.2) is 6.54 Å². The van der Waals surface area contributed by atoms with Gasteiger partial charge in [0, 0.05) is 19.4 Å². The van der Waals surface area contributed by atoms with Gasteiger partial charge in [-0.25, -0.2) is 0 Å². The molecular formula is C5H12NS. The zero-order chi connectivity index (χ0) is 5.54. The van der Waals surface area contributed by atoms with Crippen LogP contribution in [0.3, 0.4) is 0 Å². The van der Waals surface area contributed by atoms with Crippen LogP contribution < -0.4 is 4.72 Å². The van der Waals surface area contributed by atoms with Crippen LogP contribution in [0.25, 0.3) is 0 Å². The Bertz CT molecular complexity index is 27.3. The summed E-state index contributed by atoms with van der Waals surface area (Å²) in [4.78, 5) is 0. The molecule has 43 valence electrons. The summed E-state index contributed by atoms with van der Waals surface area (Å²) in [5.74, 6) is 0. The van der Waals surface area contributed by atoms with Crippen molar-refractivity contribution in [2.75, 3.05) is 6.54 Å². The van der Waals surface area contributed by atoms with Crippen LogP contribution in [0, 0.1) is 0 Å². The molecular weight excluding hydrogens is 106 g/mol. The molecule has 0 aromatic carbocycles. The molecule has 0 aliphatic heterocycles. The predicted octanol–water partition coefficient (Wildman–Crippen LogP) is 1.88. The first-order chi connectivity index (χ1) is 3.41. The Kier molecular flexibility index (Phi) is 6.59. The van der Waals surface area contributed by atoms with Crippen molar-refractivity contribution in [3.63, 3.8) is 0 Å². The van der Waals surface area contributed by atoms with Gasteiger partial charge in [-0.2, -0.15) is 0 Å². The van der Waals surface area contributed by atoms with Crippen LogP contribution in [0.5, 0.6) is 0 Å². The second-order valence-corrected chi connectivity index (χ2v) is 1.89. The first kappa shape index (κ1) is 7.31. The van der Waals surface area contributed by atoms with Crippen LogP contribution in [0.2, 0.25) is 0 Å². The van der Waals surface area contributed by atoms with Gasteiger partial charge >= 0.3 is 0 Å². The highest BCUT2D eigenvalue weighted by Gasteiger charge is 1.79. The van der Waals surface area contributed by atoms with Crippen LogP contribution in [0.15, 0.2) is 0 Å². The standard InChI is InChI=1S/C5H12NS/c1-2-3-4-5-6-7/h6H,2-5H2,1H3. The van der Waals surface area contributed by atoms with Gasteiger partial charge in [-0.05, 0) is 6.42 Å². The SMILES string of the molecule is CCCCCN[S]. The van der Waals surface area contributed by atoms with Gasteiger partial charge in [-0.3, -0.25) is 4.72 Å². The molecule has 0 aliphatic rings. The fraction of sp³-hybridized carbons (Fsp3) is 1.00. The molecule has 1 N–H and O–H groups in total. The summed E-state index contributed by atoms with van der Waals surface area (Å²) in [6.45, 7) is 3.17. The van der Waals surface area contributed by atoms with E-state index in [1.165, 1.54) is 19.3 Å². The zero-order valence-electron chi connectivity index (χ0n) is 4.74. The Balaban J connectivity index is 2.45. The average Bonchev–Trinajstić information content (AvgIpc) is 1.69. The summed E-state index contributed by atoms with van der Waals surface area (Å²) >= 11 is 4.52. The molecule has 0 spiro atoms. The third kappa shape index (κ3) is 6.31. The van der Waals surface area contributed by atoms with E-state index in [1.807, 2.05) is 0 Å². The number of unbranched alkanes of at least 4 members (excludes halogenated alkanes) is 2. The molecule has 0 heterocycles. The second kappa shape index (κ2) is 6.31. The smallest absolute Gasteiger partial charge is 0.00668 e. The van der Waals surface area contributed by atoms with Crippen molar-refractivity contribution in [1.29, 1.82) is 0 Å². The van der Waals surface area contributed by atoms with Gasteiger partial charge in [-0.15, -0.1) is 0 Å². The second-order valence-electron chi connectivity index (χ2n) is 1.60. The van der Waals surface area contributed by atoms with Crippen LogP contribution in [0.4, 0.5) is 0 Å². The molecule has 1 radical (unpaired) electrons. The van der Waals surface area contributed by atoms with Crippen molar-refractivity contribution in [3.8, 4) is 0 Å². The van der Waals surface area contributed by atoms with E-state index in [0.29, 0.717) is 0 Å². The molecule has 0 amide bonds. The molecule has 0 aliphatic carbocycles. The highest BCUT2D eigenvalue weighted by atomic mass is 32.1. The van der Waals surface area contributed by atoms with Gasteiger partial charge < -0.3 is 0 Å². The minimum Gasteiger partial charge on any atom is -0.254 e. The van der Waals surface area contributed by atoms with Gasteiger partial charge in [0.25, 0.3) is 0 Å². The molecule has 7 heavy (non-hydrogen) atoms. The molecule has 0 bridgehead atoms. The fourth-order valence-corrected chi connectivity index (χ4v) is 0.592. The molecule has 0 rings (SSSR count). The highest BCUT2D eigenvalue weighted by molar-refractivity contribution is 7.78. The average molecular weight is 118 g/mol. The Morgan fingerprint density at radius 3 is 2.57 bits per heavy atom. The van der Waals surface area contributed by atoms with Crippen LogP contribution >= 0.6 is 12.8 Å². The number of hydrogen-bond donors (Lipinski definition) is 1. The zero-order valence-corrected chi connectivity index (χ0v) is 5.55.